The molecule has 2 aliphatic heterocycles. The second-order valence-corrected chi connectivity index (χ2v) is 4.76. The zero-order valence-corrected chi connectivity index (χ0v) is 11.8. The number of nitrogens with one attached hydrogen (secondary N) is 1. The van der Waals surface area contributed by atoms with Crippen LogP contribution in [0.2, 0.25) is 0 Å². The Morgan fingerprint density at radius 3 is 1.67 bits per heavy atom. The number of allylic oxidation sites excluding steroid dienone is 4. The topological polar surface area (TPSA) is 64.6 Å². The minimum atomic E-state index is -0.295. The number of esters is 2. The normalized spacial score (nSPS) is 20.6. The fraction of sp³-hybridized carbons (Fsp3) is 0.375. The van der Waals surface area contributed by atoms with Crippen molar-refractivity contribution in [2.45, 2.75) is 25.7 Å². The van der Waals surface area contributed by atoms with Gasteiger partial charge in [0.15, 0.2) is 0 Å². The number of hydrogen-bond donors (Lipinski definition) is 1. The van der Waals surface area contributed by atoms with E-state index in [9.17, 15) is 9.59 Å². The molecule has 2 rings (SSSR count). The summed E-state index contributed by atoms with van der Waals surface area (Å²) in [4.78, 5) is 21.6. The number of hydrogen-bond acceptors (Lipinski definition) is 5. The van der Waals surface area contributed by atoms with Crippen LogP contribution < -0.4 is 5.32 Å². The van der Waals surface area contributed by atoms with Gasteiger partial charge in [-0.25, -0.2) is 9.59 Å². The van der Waals surface area contributed by atoms with Crippen molar-refractivity contribution in [3.8, 4) is 0 Å². The fourth-order valence-corrected chi connectivity index (χ4v) is 1.96. The summed E-state index contributed by atoms with van der Waals surface area (Å²) in [6.45, 7) is 1.85. The fourth-order valence-electron chi connectivity index (χ4n) is 1.96. The molecular formula is C16H19NO4. The standard InChI is InChI=1S/C16H19NO4/c18-15-9-7-13(20-15)5-1-3-11-17-12-4-2-6-14-8-10-16(19)21-14/h5-10,17H,1-4,11-12H2/b13-5-,14-6-. The van der Waals surface area contributed by atoms with Gasteiger partial charge in [-0.3, -0.25) is 0 Å². The molecule has 0 amide bonds. The quantitative estimate of drug-likeness (QED) is 0.548. The molecule has 112 valence electrons. The van der Waals surface area contributed by atoms with Gasteiger partial charge in [0.1, 0.15) is 11.5 Å². The SMILES string of the molecule is O=C1C=C/C(=C/CCCNCCC/C=C2/C=CC(=O)O2)O1. The first kappa shape index (κ1) is 15.3. The van der Waals surface area contributed by atoms with Crippen LogP contribution in [-0.4, -0.2) is 25.0 Å². The summed E-state index contributed by atoms with van der Waals surface area (Å²) < 4.78 is 9.84. The molecular weight excluding hydrogens is 270 g/mol. The molecule has 0 saturated heterocycles. The Morgan fingerprint density at radius 2 is 1.29 bits per heavy atom. The molecule has 0 spiro atoms. The lowest BCUT2D eigenvalue weighted by Gasteiger charge is -2.02. The van der Waals surface area contributed by atoms with E-state index in [1.54, 1.807) is 12.2 Å². The second-order valence-electron chi connectivity index (χ2n) is 4.76. The van der Waals surface area contributed by atoms with E-state index in [1.807, 2.05) is 12.2 Å². The predicted octanol–water partition coefficient (Wildman–Crippen LogP) is 2.13. The van der Waals surface area contributed by atoms with Crippen molar-refractivity contribution in [3.63, 3.8) is 0 Å². The number of rotatable bonds is 8. The molecule has 5 heteroatoms. The number of carbonyl (C=O) groups is 2. The van der Waals surface area contributed by atoms with Crippen LogP contribution in [0.25, 0.3) is 0 Å². The highest BCUT2D eigenvalue weighted by Gasteiger charge is 2.08. The lowest BCUT2D eigenvalue weighted by atomic mass is 10.2. The first-order valence-electron chi connectivity index (χ1n) is 7.15. The van der Waals surface area contributed by atoms with Gasteiger partial charge in [-0.2, -0.15) is 0 Å². The van der Waals surface area contributed by atoms with Crippen molar-refractivity contribution in [1.29, 1.82) is 0 Å². The number of carbonyl (C=O) groups excluding carboxylic acids is 2. The van der Waals surface area contributed by atoms with Crippen molar-refractivity contribution < 1.29 is 19.1 Å². The third-order valence-corrected chi connectivity index (χ3v) is 3.01. The summed E-state index contributed by atoms with van der Waals surface area (Å²) in [6.07, 6.45) is 13.8. The van der Waals surface area contributed by atoms with Gasteiger partial charge in [0, 0.05) is 12.2 Å². The molecule has 0 fully saturated rings. The van der Waals surface area contributed by atoms with E-state index in [4.69, 9.17) is 9.47 Å². The van der Waals surface area contributed by atoms with Crippen LogP contribution in [0, 0.1) is 0 Å². The minimum absolute atomic E-state index is 0.295. The van der Waals surface area contributed by atoms with Crippen LogP contribution in [0.1, 0.15) is 25.7 Å². The molecule has 0 unspecified atom stereocenters. The molecule has 0 aromatic rings. The average Bonchev–Trinajstić information content (AvgIpc) is 3.06. The Bertz CT molecular complexity index is 468. The maximum Gasteiger partial charge on any atom is 0.336 e. The van der Waals surface area contributed by atoms with Crippen LogP contribution in [0.15, 0.2) is 48.0 Å². The predicted molar refractivity (Wildman–Crippen MR) is 78.0 cm³/mol. The number of unbranched alkanes of at least 4 members (excludes halogenated alkanes) is 2. The van der Waals surface area contributed by atoms with Gasteiger partial charge in [0.25, 0.3) is 0 Å². The van der Waals surface area contributed by atoms with Gasteiger partial charge in [-0.1, -0.05) is 0 Å². The lowest BCUT2D eigenvalue weighted by molar-refractivity contribution is -0.133. The van der Waals surface area contributed by atoms with Crippen molar-refractivity contribution in [2.24, 2.45) is 0 Å². The first-order valence-corrected chi connectivity index (χ1v) is 7.15. The zero-order valence-electron chi connectivity index (χ0n) is 11.8. The summed E-state index contributed by atoms with van der Waals surface area (Å²) >= 11 is 0. The second kappa shape index (κ2) is 8.21. The van der Waals surface area contributed by atoms with Crippen molar-refractivity contribution in [2.75, 3.05) is 13.1 Å². The number of cyclic esters (lactones) is 2. The summed E-state index contributed by atoms with van der Waals surface area (Å²) in [5.74, 6) is 0.698. The lowest BCUT2D eigenvalue weighted by Crippen LogP contribution is -2.16. The molecule has 0 aliphatic carbocycles. The molecule has 0 aromatic carbocycles. The van der Waals surface area contributed by atoms with Crippen LogP contribution >= 0.6 is 0 Å². The van der Waals surface area contributed by atoms with E-state index < -0.39 is 0 Å². The molecule has 1 N–H and O–H groups in total. The van der Waals surface area contributed by atoms with Gasteiger partial charge in [0.05, 0.1) is 0 Å². The van der Waals surface area contributed by atoms with E-state index in [2.05, 4.69) is 5.32 Å². The Kier molecular flexibility index (Phi) is 5.97. The maximum atomic E-state index is 10.8. The molecule has 0 bridgehead atoms. The van der Waals surface area contributed by atoms with E-state index in [-0.39, 0.29) is 11.9 Å². The molecule has 2 aliphatic rings. The van der Waals surface area contributed by atoms with Gasteiger partial charge in [-0.05, 0) is 63.1 Å². The zero-order chi connectivity index (χ0) is 14.9. The molecule has 21 heavy (non-hydrogen) atoms. The van der Waals surface area contributed by atoms with Gasteiger partial charge >= 0.3 is 11.9 Å². The summed E-state index contributed by atoms with van der Waals surface area (Å²) in [5.41, 5.74) is 0. The van der Waals surface area contributed by atoms with Crippen LogP contribution in [0.3, 0.4) is 0 Å². The molecule has 0 atom stereocenters. The Balaban J connectivity index is 1.44. The summed E-state index contributed by atoms with van der Waals surface area (Å²) in [5, 5.41) is 3.34. The van der Waals surface area contributed by atoms with E-state index in [1.165, 1.54) is 12.2 Å². The van der Waals surface area contributed by atoms with E-state index in [0.29, 0.717) is 11.5 Å². The largest absolute Gasteiger partial charge is 0.424 e. The Hall–Kier alpha value is -2.14. The first-order chi connectivity index (χ1) is 10.2. The van der Waals surface area contributed by atoms with Crippen LogP contribution in [0.4, 0.5) is 0 Å². The Labute approximate surface area is 124 Å². The monoisotopic (exact) mass is 289 g/mol. The van der Waals surface area contributed by atoms with Crippen molar-refractivity contribution in [3.05, 3.63) is 48.0 Å². The van der Waals surface area contributed by atoms with Crippen LogP contribution in [0.5, 0.6) is 0 Å². The van der Waals surface area contributed by atoms with Crippen LogP contribution in [-0.2, 0) is 19.1 Å². The third-order valence-electron chi connectivity index (χ3n) is 3.01. The minimum Gasteiger partial charge on any atom is -0.424 e. The third kappa shape index (κ3) is 5.79. The van der Waals surface area contributed by atoms with E-state index >= 15 is 0 Å². The van der Waals surface area contributed by atoms with Gasteiger partial charge in [-0.15, -0.1) is 0 Å². The summed E-state index contributed by atoms with van der Waals surface area (Å²) in [7, 11) is 0. The molecule has 0 radical (unpaired) electrons. The molecule has 0 saturated carbocycles. The Morgan fingerprint density at radius 1 is 0.810 bits per heavy atom. The van der Waals surface area contributed by atoms with Crippen molar-refractivity contribution >= 4 is 11.9 Å². The molecule has 5 nitrogen and oxygen atoms in total. The van der Waals surface area contributed by atoms with Gasteiger partial charge in [0.2, 0.25) is 0 Å². The highest BCUT2D eigenvalue weighted by molar-refractivity contribution is 5.86. The highest BCUT2D eigenvalue weighted by Crippen LogP contribution is 2.11. The smallest absolute Gasteiger partial charge is 0.336 e. The number of ether oxygens (including phenoxy) is 2. The van der Waals surface area contributed by atoms with Gasteiger partial charge < -0.3 is 14.8 Å². The highest BCUT2D eigenvalue weighted by atomic mass is 16.5. The maximum absolute atomic E-state index is 10.8. The molecule has 0 aromatic heterocycles. The molecule has 2 heterocycles. The summed E-state index contributed by atoms with van der Waals surface area (Å²) in [6, 6.07) is 0. The van der Waals surface area contributed by atoms with E-state index in [0.717, 1.165) is 38.8 Å². The van der Waals surface area contributed by atoms with Crippen molar-refractivity contribution in [1.82, 2.24) is 5.32 Å². The average molecular weight is 289 g/mol.